The molecule has 4 nitrogen and oxygen atoms in total. The Bertz CT molecular complexity index is 661. The minimum atomic E-state index is 0.120. The molecule has 0 spiro atoms. The molecule has 24 heavy (non-hydrogen) atoms. The minimum Gasteiger partial charge on any atom is -0.487 e. The first kappa shape index (κ1) is 16.8. The van der Waals surface area contributed by atoms with Crippen LogP contribution in [0.1, 0.15) is 22.5 Å². The van der Waals surface area contributed by atoms with Crippen molar-refractivity contribution in [2.75, 3.05) is 25.1 Å². The summed E-state index contributed by atoms with van der Waals surface area (Å²) in [7, 11) is 0. The van der Waals surface area contributed by atoms with Crippen LogP contribution in [0.25, 0.3) is 0 Å². The number of carbonyl (C=O) groups excluding carboxylic acids is 1. The second-order valence-corrected chi connectivity index (χ2v) is 6.91. The Labute approximate surface area is 147 Å². The monoisotopic (exact) mass is 342 g/mol. The van der Waals surface area contributed by atoms with Gasteiger partial charge in [0.1, 0.15) is 12.4 Å². The van der Waals surface area contributed by atoms with Crippen LogP contribution in [0.15, 0.2) is 48.7 Å². The van der Waals surface area contributed by atoms with E-state index in [0.717, 1.165) is 42.3 Å². The third kappa shape index (κ3) is 4.29. The quantitative estimate of drug-likeness (QED) is 0.806. The number of hydrogen-bond acceptors (Lipinski definition) is 4. The Morgan fingerprint density at radius 2 is 2.12 bits per heavy atom. The molecule has 0 aliphatic carbocycles. The highest BCUT2D eigenvalue weighted by Crippen LogP contribution is 2.22. The van der Waals surface area contributed by atoms with Gasteiger partial charge in [0.15, 0.2) is 0 Å². The number of benzene rings is 1. The average molecular weight is 342 g/mol. The summed E-state index contributed by atoms with van der Waals surface area (Å²) in [6.45, 7) is 2.16. The van der Waals surface area contributed by atoms with Gasteiger partial charge in [-0.25, -0.2) is 0 Å². The van der Waals surface area contributed by atoms with E-state index in [1.807, 2.05) is 59.1 Å². The largest absolute Gasteiger partial charge is 0.487 e. The van der Waals surface area contributed by atoms with E-state index in [1.54, 1.807) is 6.20 Å². The Kier molecular flexibility index (Phi) is 5.75. The Morgan fingerprint density at radius 3 is 2.83 bits per heavy atom. The third-order valence-corrected chi connectivity index (χ3v) is 4.99. The number of pyridine rings is 1. The van der Waals surface area contributed by atoms with Gasteiger partial charge in [0.05, 0.1) is 5.69 Å². The second kappa shape index (κ2) is 8.20. The number of aromatic nitrogens is 1. The highest BCUT2D eigenvalue weighted by Gasteiger charge is 2.26. The fourth-order valence-corrected chi connectivity index (χ4v) is 3.65. The van der Waals surface area contributed by atoms with Gasteiger partial charge in [-0.3, -0.25) is 9.78 Å². The van der Waals surface area contributed by atoms with Gasteiger partial charge in [0.25, 0.3) is 5.91 Å². The molecule has 1 amide bonds. The van der Waals surface area contributed by atoms with Crippen LogP contribution in [-0.4, -0.2) is 40.9 Å². The molecule has 0 bridgehead atoms. The lowest BCUT2D eigenvalue weighted by atomic mass is 10.1. The molecule has 2 aromatic rings. The second-order valence-electron chi connectivity index (χ2n) is 6.00. The molecule has 1 aliphatic rings. The lowest BCUT2D eigenvalue weighted by molar-refractivity contribution is 0.0788. The summed E-state index contributed by atoms with van der Waals surface area (Å²) in [5, 5.41) is 0. The van der Waals surface area contributed by atoms with Crippen molar-refractivity contribution < 1.29 is 9.53 Å². The zero-order chi connectivity index (χ0) is 16.8. The highest BCUT2D eigenvalue weighted by atomic mass is 32.2. The van der Waals surface area contributed by atoms with E-state index in [1.165, 1.54) is 0 Å². The molecular formula is C19H22N2O2S. The lowest BCUT2D eigenvalue weighted by Crippen LogP contribution is -2.28. The Balaban J connectivity index is 1.55. The van der Waals surface area contributed by atoms with Gasteiger partial charge in [-0.2, -0.15) is 11.8 Å². The van der Waals surface area contributed by atoms with Crippen LogP contribution in [0.3, 0.4) is 0 Å². The van der Waals surface area contributed by atoms with E-state index < -0.39 is 0 Å². The maximum Gasteiger partial charge on any atom is 0.253 e. The fourth-order valence-electron chi connectivity index (χ4n) is 2.91. The maximum absolute atomic E-state index is 12.6. The molecule has 1 atom stereocenters. The summed E-state index contributed by atoms with van der Waals surface area (Å²) >= 11 is 1.85. The first-order valence-corrected chi connectivity index (χ1v) is 9.56. The Morgan fingerprint density at radius 1 is 1.29 bits per heavy atom. The fraction of sp³-hybridized carbons (Fsp3) is 0.368. The van der Waals surface area contributed by atoms with Crippen molar-refractivity contribution in [2.24, 2.45) is 5.92 Å². The van der Waals surface area contributed by atoms with Crippen molar-refractivity contribution in [3.8, 4) is 5.75 Å². The molecule has 0 unspecified atom stereocenters. The van der Waals surface area contributed by atoms with Crippen LogP contribution in [-0.2, 0) is 6.61 Å². The average Bonchev–Trinajstić information content (AvgIpc) is 3.10. The molecule has 0 radical (unpaired) electrons. The topological polar surface area (TPSA) is 42.4 Å². The number of amides is 1. The number of hydrogen-bond donors (Lipinski definition) is 0. The summed E-state index contributed by atoms with van der Waals surface area (Å²) in [4.78, 5) is 18.7. The molecule has 0 saturated carbocycles. The summed E-state index contributed by atoms with van der Waals surface area (Å²) in [5.74, 6) is 2.63. The van der Waals surface area contributed by atoms with Crippen molar-refractivity contribution in [3.05, 3.63) is 59.9 Å². The SMILES string of the molecule is CSC[C@@H]1CCN(C(=O)c2ccc(OCc3ccccn3)cc2)C1. The predicted molar refractivity (Wildman–Crippen MR) is 97.4 cm³/mol. The van der Waals surface area contributed by atoms with Crippen LogP contribution in [0, 0.1) is 5.92 Å². The van der Waals surface area contributed by atoms with E-state index in [-0.39, 0.29) is 5.91 Å². The van der Waals surface area contributed by atoms with Gasteiger partial charge in [0, 0.05) is 24.8 Å². The number of rotatable bonds is 6. The maximum atomic E-state index is 12.6. The summed E-state index contributed by atoms with van der Waals surface area (Å²) < 4.78 is 5.71. The van der Waals surface area contributed by atoms with Gasteiger partial charge in [-0.15, -0.1) is 0 Å². The number of thioether (sulfide) groups is 1. The minimum absolute atomic E-state index is 0.120. The molecule has 126 valence electrons. The van der Waals surface area contributed by atoms with Crippen molar-refractivity contribution >= 4 is 17.7 Å². The van der Waals surface area contributed by atoms with Crippen LogP contribution in [0.2, 0.25) is 0 Å². The van der Waals surface area contributed by atoms with E-state index in [2.05, 4.69) is 11.2 Å². The molecule has 1 aromatic carbocycles. The molecule has 2 heterocycles. The molecule has 1 aliphatic heterocycles. The zero-order valence-corrected chi connectivity index (χ0v) is 14.7. The van der Waals surface area contributed by atoms with Gasteiger partial charge in [0.2, 0.25) is 0 Å². The summed E-state index contributed by atoms with van der Waals surface area (Å²) in [6.07, 6.45) is 4.98. The van der Waals surface area contributed by atoms with Crippen molar-refractivity contribution in [3.63, 3.8) is 0 Å². The third-order valence-electron chi connectivity index (χ3n) is 4.19. The van der Waals surface area contributed by atoms with Crippen LogP contribution in [0.5, 0.6) is 5.75 Å². The molecule has 0 N–H and O–H groups in total. The van der Waals surface area contributed by atoms with E-state index in [0.29, 0.717) is 12.5 Å². The van der Waals surface area contributed by atoms with Crippen molar-refractivity contribution in [1.82, 2.24) is 9.88 Å². The van der Waals surface area contributed by atoms with Crippen LogP contribution < -0.4 is 4.74 Å². The molecule has 1 saturated heterocycles. The van der Waals surface area contributed by atoms with E-state index in [9.17, 15) is 4.79 Å². The number of ether oxygens (including phenoxy) is 1. The van der Waals surface area contributed by atoms with Gasteiger partial charge < -0.3 is 9.64 Å². The molecule has 3 rings (SSSR count). The van der Waals surface area contributed by atoms with E-state index >= 15 is 0 Å². The van der Waals surface area contributed by atoms with Crippen molar-refractivity contribution in [2.45, 2.75) is 13.0 Å². The number of nitrogens with zero attached hydrogens (tertiary/aromatic N) is 2. The van der Waals surface area contributed by atoms with Crippen molar-refractivity contribution in [1.29, 1.82) is 0 Å². The standard InChI is InChI=1S/C19H22N2O2S/c1-24-14-15-9-11-21(12-15)19(22)16-5-7-18(8-6-16)23-13-17-4-2-3-10-20-17/h2-8,10,15H,9,11-14H2,1H3/t15-/m1/s1. The van der Waals surface area contributed by atoms with E-state index in [4.69, 9.17) is 4.74 Å². The predicted octanol–water partition coefficient (Wildman–Crippen LogP) is 3.49. The highest BCUT2D eigenvalue weighted by molar-refractivity contribution is 7.98. The molecule has 1 fully saturated rings. The number of likely N-dealkylation sites (tertiary alicyclic amines) is 1. The first-order chi connectivity index (χ1) is 11.8. The first-order valence-electron chi connectivity index (χ1n) is 8.17. The normalized spacial score (nSPS) is 17.0. The number of carbonyl (C=O) groups is 1. The zero-order valence-electron chi connectivity index (χ0n) is 13.9. The van der Waals surface area contributed by atoms with Crippen LogP contribution in [0.4, 0.5) is 0 Å². The molecular weight excluding hydrogens is 320 g/mol. The summed E-state index contributed by atoms with van der Waals surface area (Å²) in [6, 6.07) is 13.1. The van der Waals surface area contributed by atoms with Gasteiger partial charge >= 0.3 is 0 Å². The molecule has 5 heteroatoms. The van der Waals surface area contributed by atoms with Gasteiger partial charge in [-0.05, 0) is 60.7 Å². The lowest BCUT2D eigenvalue weighted by Gasteiger charge is -2.16. The van der Waals surface area contributed by atoms with Gasteiger partial charge in [-0.1, -0.05) is 6.07 Å². The smallest absolute Gasteiger partial charge is 0.253 e. The van der Waals surface area contributed by atoms with Crippen LogP contribution >= 0.6 is 11.8 Å². The summed E-state index contributed by atoms with van der Waals surface area (Å²) in [5.41, 5.74) is 1.61. The Hall–Kier alpha value is -2.01. The molecule has 1 aromatic heterocycles.